The Balaban J connectivity index is 0.00000218. The maximum absolute atomic E-state index is 5.45. The van der Waals surface area contributed by atoms with Crippen LogP contribution in [-0.2, 0) is 6.54 Å². The summed E-state index contributed by atoms with van der Waals surface area (Å²) < 4.78 is 9.23. The van der Waals surface area contributed by atoms with Crippen LogP contribution in [-0.4, -0.2) is 13.7 Å². The standard InChI is InChI=1S/C24H23N2OS2.HI/c1-4-25-19-14-17(27-3)11-13-20(19)28-22(25)15-23-26(5-2)24-18-9-7-6-8-16(18)10-12-21(24)29-23;/h6-15H,4-5H2,1-3H3;1H/q+1;/p-1. The SMILES string of the molecule is CCN1C(=Cc2sc3ccc4ccccc4c3[n+]2CC)Sc2ccc(OC)cc21.[I-]. The molecule has 154 valence electrons. The van der Waals surface area contributed by atoms with Gasteiger partial charge in [-0.05, 0) is 43.5 Å². The van der Waals surface area contributed by atoms with E-state index in [0.29, 0.717) is 0 Å². The van der Waals surface area contributed by atoms with Crippen molar-refractivity contribution in [2.45, 2.75) is 25.3 Å². The molecule has 0 amide bonds. The summed E-state index contributed by atoms with van der Waals surface area (Å²) in [6.45, 7) is 6.31. The molecule has 0 saturated carbocycles. The fourth-order valence-corrected chi connectivity index (χ4v) is 6.44. The van der Waals surface area contributed by atoms with Crippen molar-refractivity contribution < 1.29 is 33.3 Å². The van der Waals surface area contributed by atoms with Crippen molar-refractivity contribution >= 4 is 55.9 Å². The van der Waals surface area contributed by atoms with Gasteiger partial charge in [-0.3, -0.25) is 0 Å². The number of aryl methyl sites for hydroxylation is 1. The number of rotatable bonds is 4. The second-order valence-corrected chi connectivity index (χ2v) is 9.11. The van der Waals surface area contributed by atoms with Crippen molar-refractivity contribution in [3.63, 3.8) is 0 Å². The molecule has 0 fully saturated rings. The Labute approximate surface area is 202 Å². The number of aromatic nitrogens is 1. The van der Waals surface area contributed by atoms with Crippen LogP contribution in [0.15, 0.2) is 64.5 Å². The summed E-state index contributed by atoms with van der Waals surface area (Å²) in [7, 11) is 1.72. The minimum atomic E-state index is 0. The lowest BCUT2D eigenvalue weighted by Gasteiger charge is -2.17. The van der Waals surface area contributed by atoms with Crippen LogP contribution in [0.5, 0.6) is 5.75 Å². The number of anilines is 1. The lowest BCUT2D eigenvalue weighted by atomic mass is 10.1. The Morgan fingerprint density at radius 3 is 2.67 bits per heavy atom. The maximum atomic E-state index is 5.45. The highest BCUT2D eigenvalue weighted by Gasteiger charge is 2.27. The first-order chi connectivity index (χ1) is 14.2. The summed E-state index contributed by atoms with van der Waals surface area (Å²) in [4.78, 5) is 3.67. The predicted octanol–water partition coefficient (Wildman–Crippen LogP) is 3.31. The lowest BCUT2D eigenvalue weighted by molar-refractivity contribution is -0.664. The van der Waals surface area contributed by atoms with Crippen molar-refractivity contribution in [2.75, 3.05) is 18.6 Å². The molecule has 0 atom stereocenters. The molecule has 1 aliphatic heterocycles. The van der Waals surface area contributed by atoms with Gasteiger partial charge in [0.2, 0.25) is 5.52 Å². The third kappa shape index (κ3) is 3.48. The number of thioether (sulfide) groups is 1. The van der Waals surface area contributed by atoms with Crippen molar-refractivity contribution in [2.24, 2.45) is 0 Å². The molecule has 0 N–H and O–H groups in total. The highest BCUT2D eigenvalue weighted by Crippen LogP contribution is 2.48. The number of hydrogen-bond donors (Lipinski definition) is 0. The van der Waals surface area contributed by atoms with Crippen molar-refractivity contribution in [3.05, 3.63) is 64.6 Å². The summed E-state index contributed by atoms with van der Waals surface area (Å²) in [5, 5.41) is 5.18. The molecule has 2 heterocycles. The molecule has 0 aliphatic carbocycles. The Hall–Kier alpha value is -1.77. The van der Waals surface area contributed by atoms with E-state index >= 15 is 0 Å². The van der Waals surface area contributed by atoms with Gasteiger partial charge in [-0.1, -0.05) is 47.4 Å². The van der Waals surface area contributed by atoms with Crippen LogP contribution in [0.1, 0.15) is 18.9 Å². The number of benzene rings is 3. The average Bonchev–Trinajstić information content (AvgIpc) is 3.30. The van der Waals surface area contributed by atoms with Crippen LogP contribution in [0.2, 0.25) is 0 Å². The highest BCUT2D eigenvalue weighted by atomic mass is 127. The Kier molecular flexibility index (Phi) is 6.27. The molecular formula is C24H23IN2OS2. The van der Waals surface area contributed by atoms with Crippen LogP contribution >= 0.6 is 23.1 Å². The van der Waals surface area contributed by atoms with E-state index in [2.05, 4.69) is 77.9 Å². The van der Waals surface area contributed by atoms with Crippen molar-refractivity contribution in [1.29, 1.82) is 0 Å². The van der Waals surface area contributed by atoms with Crippen molar-refractivity contribution in [3.8, 4) is 5.75 Å². The molecule has 0 unspecified atom stereocenters. The molecule has 0 radical (unpaired) electrons. The van der Waals surface area contributed by atoms with E-state index in [0.717, 1.165) is 18.8 Å². The number of fused-ring (bicyclic) bond motifs is 4. The summed E-state index contributed by atoms with van der Waals surface area (Å²) >= 11 is 3.71. The summed E-state index contributed by atoms with van der Waals surface area (Å²) in [6.07, 6.45) is 2.35. The van der Waals surface area contributed by atoms with Gasteiger partial charge < -0.3 is 33.6 Å². The van der Waals surface area contributed by atoms with Gasteiger partial charge in [-0.15, -0.1) is 0 Å². The Morgan fingerprint density at radius 1 is 1.07 bits per heavy atom. The number of halogens is 1. The van der Waals surface area contributed by atoms with E-state index in [-0.39, 0.29) is 24.0 Å². The monoisotopic (exact) mass is 546 g/mol. The zero-order valence-electron chi connectivity index (χ0n) is 17.2. The molecule has 5 rings (SSSR count). The largest absolute Gasteiger partial charge is 1.00 e. The normalized spacial score (nSPS) is 14.4. The third-order valence-corrected chi connectivity index (χ3v) is 7.64. The summed E-state index contributed by atoms with van der Waals surface area (Å²) in [6, 6.07) is 19.5. The molecule has 0 saturated heterocycles. The number of methoxy groups -OCH3 is 1. The summed E-state index contributed by atoms with van der Waals surface area (Å²) in [5.41, 5.74) is 2.57. The van der Waals surface area contributed by atoms with Gasteiger partial charge in [-0.25, -0.2) is 0 Å². The molecule has 0 bridgehead atoms. The molecule has 3 aromatic carbocycles. The predicted molar refractivity (Wildman–Crippen MR) is 125 cm³/mol. The lowest BCUT2D eigenvalue weighted by Crippen LogP contribution is -3.00. The summed E-state index contributed by atoms with van der Waals surface area (Å²) in [5.74, 6) is 0.904. The molecule has 4 aromatic rings. The Morgan fingerprint density at radius 2 is 1.90 bits per heavy atom. The van der Waals surface area contributed by atoms with Crippen LogP contribution in [0, 0.1) is 0 Å². The first-order valence-corrected chi connectivity index (χ1v) is 11.6. The number of nitrogens with zero attached hydrogens (tertiary/aromatic N) is 2. The van der Waals surface area contributed by atoms with E-state index in [1.54, 1.807) is 7.11 Å². The van der Waals surface area contributed by atoms with Gasteiger partial charge in [0.1, 0.15) is 17.0 Å². The maximum Gasteiger partial charge on any atom is 0.265 e. The molecule has 6 heteroatoms. The number of hydrogen-bond acceptors (Lipinski definition) is 4. The van der Waals surface area contributed by atoms with Gasteiger partial charge in [0.25, 0.3) is 5.01 Å². The average molecular weight is 546 g/mol. The van der Waals surface area contributed by atoms with Crippen LogP contribution in [0.4, 0.5) is 5.69 Å². The van der Waals surface area contributed by atoms with Crippen LogP contribution in [0.25, 0.3) is 27.1 Å². The van der Waals surface area contributed by atoms with Gasteiger partial charge in [0.15, 0.2) is 0 Å². The van der Waals surface area contributed by atoms with Crippen molar-refractivity contribution in [1.82, 2.24) is 0 Å². The molecule has 1 aliphatic rings. The second-order valence-electron chi connectivity index (χ2n) is 6.98. The molecular weight excluding hydrogens is 523 g/mol. The van der Waals surface area contributed by atoms with E-state index < -0.39 is 0 Å². The highest BCUT2D eigenvalue weighted by molar-refractivity contribution is 8.03. The topological polar surface area (TPSA) is 16.4 Å². The van der Waals surface area contributed by atoms with E-state index in [1.165, 1.54) is 41.6 Å². The van der Waals surface area contributed by atoms with Gasteiger partial charge in [0, 0.05) is 17.5 Å². The van der Waals surface area contributed by atoms with Crippen LogP contribution < -0.4 is 38.2 Å². The zero-order valence-corrected chi connectivity index (χ0v) is 21.0. The second kappa shape index (κ2) is 8.77. The smallest absolute Gasteiger partial charge is 0.265 e. The van der Waals surface area contributed by atoms with Crippen LogP contribution in [0.3, 0.4) is 0 Å². The van der Waals surface area contributed by atoms with Gasteiger partial charge in [-0.2, -0.15) is 4.57 Å². The van der Waals surface area contributed by atoms with Gasteiger partial charge in [0.05, 0.1) is 29.3 Å². The number of ether oxygens (including phenoxy) is 1. The fraction of sp³-hybridized carbons (Fsp3) is 0.208. The van der Waals surface area contributed by atoms with Gasteiger partial charge >= 0.3 is 0 Å². The zero-order chi connectivity index (χ0) is 20.0. The minimum absolute atomic E-state index is 0. The Bertz CT molecular complexity index is 1270. The number of thiazole rings is 1. The fourth-order valence-electron chi connectivity index (χ4n) is 4.04. The third-order valence-electron chi connectivity index (χ3n) is 5.43. The molecule has 3 nitrogen and oxygen atoms in total. The van der Waals surface area contributed by atoms with E-state index in [1.807, 2.05) is 29.2 Å². The molecule has 0 spiro atoms. The minimum Gasteiger partial charge on any atom is -1.00 e. The molecule has 1 aromatic heterocycles. The first kappa shape index (κ1) is 21.5. The van der Waals surface area contributed by atoms with E-state index in [4.69, 9.17) is 4.74 Å². The quantitative estimate of drug-likeness (QED) is 0.289. The molecule has 30 heavy (non-hydrogen) atoms. The van der Waals surface area contributed by atoms with E-state index in [9.17, 15) is 0 Å². The first-order valence-electron chi connectivity index (χ1n) is 9.92.